The lowest BCUT2D eigenvalue weighted by molar-refractivity contribution is -0.116. The molecule has 2 N–H and O–H groups in total. The van der Waals surface area contributed by atoms with Gasteiger partial charge >= 0.3 is 7.82 Å². The third-order valence-electron chi connectivity index (χ3n) is 1.00. The van der Waals surface area contributed by atoms with Gasteiger partial charge in [0.2, 0.25) is 5.91 Å². The topological polar surface area (TPSA) is 84.9 Å². The molecule has 7 heteroatoms. The van der Waals surface area contributed by atoms with Crippen molar-refractivity contribution in [3.05, 3.63) is 12.3 Å². The first kappa shape index (κ1) is 13.2. The van der Waals surface area contributed by atoms with Crippen LogP contribution < -0.4 is 5.32 Å². The van der Waals surface area contributed by atoms with Crippen LogP contribution in [0.4, 0.5) is 0 Å². The molecule has 6 nitrogen and oxygen atoms in total. The Kier molecular flexibility index (Phi) is 5.45. The second kappa shape index (κ2) is 5.80. The summed E-state index contributed by atoms with van der Waals surface area (Å²) in [5.74, 6) is -0.436. The lowest BCUT2D eigenvalue weighted by Crippen LogP contribution is -2.14. The highest BCUT2D eigenvalue weighted by Crippen LogP contribution is 2.44. The van der Waals surface area contributed by atoms with Gasteiger partial charge < -0.3 is 9.84 Å². The molecule has 0 aromatic carbocycles. The molecule has 0 fully saturated rings. The van der Waals surface area contributed by atoms with Gasteiger partial charge in [0.1, 0.15) is 6.26 Å². The number of carbonyl (C=O) groups excluding carboxylic acids is 1. The predicted octanol–water partition coefficient (Wildman–Crippen LogP) is 0.788. The van der Waals surface area contributed by atoms with Gasteiger partial charge in [-0.15, -0.1) is 0 Å². The van der Waals surface area contributed by atoms with Crippen LogP contribution in [-0.4, -0.2) is 24.0 Å². The van der Waals surface area contributed by atoms with Crippen molar-refractivity contribution in [2.75, 3.05) is 7.05 Å². The summed E-state index contributed by atoms with van der Waals surface area (Å²) < 4.78 is 19.9. The minimum Gasteiger partial charge on any atom is -0.412 e. The Morgan fingerprint density at radius 1 is 1.57 bits per heavy atom. The largest absolute Gasteiger partial charge is 0.527 e. The molecule has 0 aromatic rings. The molecule has 0 spiro atoms. The van der Waals surface area contributed by atoms with E-state index in [1.807, 2.05) is 0 Å². The van der Waals surface area contributed by atoms with Crippen LogP contribution in [0.1, 0.15) is 13.8 Å². The minimum atomic E-state index is -4.08. The number of phosphoric ester groups is 1. The molecule has 14 heavy (non-hydrogen) atoms. The number of phosphoric acid groups is 1. The Labute approximate surface area is 82.5 Å². The van der Waals surface area contributed by atoms with E-state index in [1.54, 1.807) is 13.8 Å². The van der Waals surface area contributed by atoms with E-state index in [4.69, 9.17) is 4.89 Å². The van der Waals surface area contributed by atoms with Gasteiger partial charge in [0, 0.05) is 13.1 Å². The van der Waals surface area contributed by atoms with Crippen LogP contribution in [0.5, 0.6) is 0 Å². The van der Waals surface area contributed by atoms with Crippen molar-refractivity contribution < 1.29 is 23.3 Å². The Bertz CT molecular complexity index is 263. The van der Waals surface area contributed by atoms with E-state index in [2.05, 4.69) is 14.4 Å². The molecule has 0 aliphatic carbocycles. The fraction of sp³-hybridized carbons (Fsp3) is 0.571. The van der Waals surface area contributed by atoms with E-state index < -0.39 is 19.8 Å². The Morgan fingerprint density at radius 2 is 2.14 bits per heavy atom. The number of nitrogens with one attached hydrogen (secondary N) is 1. The smallest absolute Gasteiger partial charge is 0.412 e. The summed E-state index contributed by atoms with van der Waals surface area (Å²) >= 11 is 0. The Hall–Kier alpha value is -0.840. The lowest BCUT2D eigenvalue weighted by Gasteiger charge is -2.12. The average molecular weight is 223 g/mol. The van der Waals surface area contributed by atoms with Gasteiger partial charge in [-0.1, -0.05) is 0 Å². The second-order valence-electron chi connectivity index (χ2n) is 2.65. The zero-order valence-corrected chi connectivity index (χ0v) is 9.15. The molecule has 1 atom stereocenters. The maximum atomic E-state index is 11.0. The fourth-order valence-corrected chi connectivity index (χ4v) is 1.34. The van der Waals surface area contributed by atoms with E-state index in [9.17, 15) is 9.36 Å². The zero-order valence-electron chi connectivity index (χ0n) is 8.26. The summed E-state index contributed by atoms with van der Waals surface area (Å²) in [7, 11) is -2.66. The first-order valence-corrected chi connectivity index (χ1v) is 5.45. The number of likely N-dealkylation sites (N-methyl/N-ethyl adjacent to an activating group) is 1. The third-order valence-corrected chi connectivity index (χ3v) is 2.08. The summed E-state index contributed by atoms with van der Waals surface area (Å²) in [6.07, 6.45) is 1.37. The molecule has 0 aromatic heterocycles. The van der Waals surface area contributed by atoms with Gasteiger partial charge in [0.05, 0.1) is 6.10 Å². The van der Waals surface area contributed by atoms with Crippen LogP contribution in [-0.2, 0) is 18.4 Å². The Morgan fingerprint density at radius 3 is 2.57 bits per heavy atom. The van der Waals surface area contributed by atoms with Crippen molar-refractivity contribution in [1.29, 1.82) is 0 Å². The average Bonchev–Trinajstić information content (AvgIpc) is 2.01. The molecule has 0 aliphatic heterocycles. The minimum absolute atomic E-state index is 0.431. The van der Waals surface area contributed by atoms with Gasteiger partial charge in [-0.3, -0.25) is 14.2 Å². The summed E-state index contributed by atoms with van der Waals surface area (Å²) in [5, 5.41) is 2.27. The SMILES string of the molecule is CNC(=O)C=COP(=O)(O)OC(C)C. The van der Waals surface area contributed by atoms with Crippen LogP contribution in [0.2, 0.25) is 0 Å². The van der Waals surface area contributed by atoms with Crippen molar-refractivity contribution in [1.82, 2.24) is 5.32 Å². The predicted molar refractivity (Wildman–Crippen MR) is 50.3 cm³/mol. The Balaban J connectivity index is 4.05. The van der Waals surface area contributed by atoms with E-state index in [-0.39, 0.29) is 0 Å². The van der Waals surface area contributed by atoms with Crippen molar-refractivity contribution in [3.63, 3.8) is 0 Å². The molecular weight excluding hydrogens is 209 g/mol. The van der Waals surface area contributed by atoms with Gasteiger partial charge in [0.15, 0.2) is 0 Å². The number of carbonyl (C=O) groups is 1. The molecule has 0 aliphatic rings. The standard InChI is InChI=1S/C7H14NO5P/c1-6(2)13-14(10,11)12-5-4-7(9)8-3/h4-6H,1-3H3,(H,8,9)(H,10,11). The maximum Gasteiger partial charge on any atom is 0.527 e. The van der Waals surface area contributed by atoms with Crippen LogP contribution >= 0.6 is 7.82 Å². The van der Waals surface area contributed by atoms with E-state index >= 15 is 0 Å². The molecule has 0 bridgehead atoms. The highest BCUT2D eigenvalue weighted by Gasteiger charge is 2.22. The molecule has 0 heterocycles. The van der Waals surface area contributed by atoms with Crippen LogP contribution in [0.25, 0.3) is 0 Å². The van der Waals surface area contributed by atoms with E-state index in [1.165, 1.54) is 7.05 Å². The van der Waals surface area contributed by atoms with Crippen molar-refractivity contribution in [2.24, 2.45) is 0 Å². The quantitative estimate of drug-likeness (QED) is 0.409. The highest BCUT2D eigenvalue weighted by molar-refractivity contribution is 7.47. The van der Waals surface area contributed by atoms with Crippen molar-refractivity contribution >= 4 is 13.7 Å². The normalized spacial score (nSPS) is 15.5. The summed E-state index contributed by atoms with van der Waals surface area (Å²) in [6.45, 7) is 3.18. The van der Waals surface area contributed by atoms with Gasteiger partial charge in [-0.2, -0.15) is 0 Å². The summed E-state index contributed by atoms with van der Waals surface area (Å²) in [5.41, 5.74) is 0. The number of hydrogen-bond acceptors (Lipinski definition) is 4. The van der Waals surface area contributed by atoms with Crippen LogP contribution in [0, 0.1) is 0 Å². The summed E-state index contributed by atoms with van der Waals surface area (Å²) in [4.78, 5) is 19.6. The number of hydrogen-bond donors (Lipinski definition) is 2. The zero-order chi connectivity index (χ0) is 11.2. The molecular formula is C7H14NO5P. The van der Waals surface area contributed by atoms with Gasteiger partial charge in [-0.25, -0.2) is 4.57 Å². The molecule has 1 unspecified atom stereocenters. The van der Waals surface area contributed by atoms with Crippen LogP contribution in [0.15, 0.2) is 12.3 Å². The first-order valence-electron chi connectivity index (χ1n) is 3.95. The molecule has 1 amide bonds. The van der Waals surface area contributed by atoms with Crippen molar-refractivity contribution in [2.45, 2.75) is 20.0 Å². The molecule has 0 saturated carbocycles. The second-order valence-corrected chi connectivity index (χ2v) is 4.00. The van der Waals surface area contributed by atoms with Gasteiger partial charge in [0.25, 0.3) is 0 Å². The van der Waals surface area contributed by atoms with E-state index in [0.29, 0.717) is 0 Å². The van der Waals surface area contributed by atoms with Crippen LogP contribution in [0.3, 0.4) is 0 Å². The fourth-order valence-electron chi connectivity index (χ4n) is 0.544. The third kappa shape index (κ3) is 6.65. The monoisotopic (exact) mass is 223 g/mol. The highest BCUT2D eigenvalue weighted by atomic mass is 31.2. The van der Waals surface area contributed by atoms with E-state index in [0.717, 1.165) is 12.3 Å². The number of amides is 1. The molecule has 0 radical (unpaired) electrons. The molecule has 0 saturated heterocycles. The molecule has 0 rings (SSSR count). The lowest BCUT2D eigenvalue weighted by atomic mass is 10.5. The maximum absolute atomic E-state index is 11.0. The first-order chi connectivity index (χ1) is 6.37. The van der Waals surface area contributed by atoms with Crippen molar-refractivity contribution in [3.8, 4) is 0 Å². The summed E-state index contributed by atoms with van der Waals surface area (Å²) in [6, 6.07) is 0. The number of rotatable bonds is 5. The molecule has 82 valence electrons. The van der Waals surface area contributed by atoms with Gasteiger partial charge in [-0.05, 0) is 13.8 Å².